The van der Waals surface area contributed by atoms with Crippen molar-refractivity contribution < 1.29 is 22.5 Å². The lowest BCUT2D eigenvalue weighted by Crippen LogP contribution is -2.51. The summed E-state index contributed by atoms with van der Waals surface area (Å²) >= 11 is 7.01. The Morgan fingerprint density at radius 3 is 2.44 bits per heavy atom. The van der Waals surface area contributed by atoms with E-state index in [1.807, 2.05) is 0 Å². The molecule has 0 bridgehead atoms. The molecule has 1 aliphatic heterocycles. The monoisotopic (exact) mass is 499 g/mol. The number of sulfonamides is 1. The van der Waals surface area contributed by atoms with Gasteiger partial charge >= 0.3 is 0 Å². The molecule has 32 heavy (non-hydrogen) atoms. The van der Waals surface area contributed by atoms with Crippen LogP contribution in [0.2, 0.25) is 5.02 Å². The molecule has 172 valence electrons. The molecule has 6 N–H and O–H groups in total. The van der Waals surface area contributed by atoms with E-state index in [1.54, 1.807) is 33.8 Å². The quantitative estimate of drug-likeness (QED) is 0.265. The van der Waals surface area contributed by atoms with Crippen molar-refractivity contribution >= 4 is 51.1 Å². The Hall–Kier alpha value is -2.54. The third-order valence-corrected chi connectivity index (χ3v) is 8.90. The Balaban J connectivity index is 2.24. The smallest absolute Gasteiger partial charge is 0.265 e. The summed E-state index contributed by atoms with van der Waals surface area (Å²) in [4.78, 5) is 25.4. The maximum absolute atomic E-state index is 13.4. The summed E-state index contributed by atoms with van der Waals surface area (Å²) in [7, 11) is -4.31. The van der Waals surface area contributed by atoms with Crippen LogP contribution in [-0.4, -0.2) is 30.6 Å². The number of amides is 2. The number of nitrogen functional groups attached to an aromatic ring is 1. The molecule has 2 aromatic rings. The number of carbonyl (C=O) groups is 2. The second kappa shape index (κ2) is 8.43. The standard InChI is InChI=1S/C19H22ClN5O5S2/c1-8-7-9(2)14(10(3)13(8)16(26)23-22)19(18(21)27)12(5-6-31-19)32(28,29)25-17-15(20)11(4)24-30-17/h5-7,12,25H,22H2,1-4H3,(H2,21,27)(H,23,26). The van der Waals surface area contributed by atoms with Crippen LogP contribution in [0.5, 0.6) is 0 Å². The van der Waals surface area contributed by atoms with Crippen LogP contribution in [0.3, 0.4) is 0 Å². The lowest BCUT2D eigenvalue weighted by molar-refractivity contribution is -0.120. The number of hydrogen-bond acceptors (Lipinski definition) is 8. The topological polar surface area (TPSA) is 170 Å². The molecule has 0 radical (unpaired) electrons. The lowest BCUT2D eigenvalue weighted by atomic mass is 9.83. The van der Waals surface area contributed by atoms with Gasteiger partial charge in [-0.25, -0.2) is 19.0 Å². The van der Waals surface area contributed by atoms with E-state index in [-0.39, 0.29) is 16.5 Å². The Labute approximate surface area is 194 Å². The zero-order valence-corrected chi connectivity index (χ0v) is 20.0. The number of carbonyl (C=O) groups excluding carboxylic acids is 2. The molecule has 1 aromatic heterocycles. The largest absolute Gasteiger partial charge is 0.368 e. The van der Waals surface area contributed by atoms with Gasteiger partial charge in [0, 0.05) is 5.56 Å². The van der Waals surface area contributed by atoms with Gasteiger partial charge in [0.1, 0.15) is 20.7 Å². The fraction of sp³-hybridized carbons (Fsp3) is 0.316. The van der Waals surface area contributed by atoms with E-state index in [4.69, 9.17) is 27.7 Å². The van der Waals surface area contributed by atoms with Crippen molar-refractivity contribution in [2.24, 2.45) is 11.6 Å². The average Bonchev–Trinajstić information content (AvgIpc) is 3.28. The number of nitrogens with zero attached hydrogens (tertiary/aromatic N) is 1. The van der Waals surface area contributed by atoms with Crippen LogP contribution < -0.4 is 21.7 Å². The van der Waals surface area contributed by atoms with Crippen molar-refractivity contribution in [2.75, 3.05) is 4.72 Å². The molecule has 0 saturated carbocycles. The van der Waals surface area contributed by atoms with Gasteiger partial charge in [0.05, 0.1) is 0 Å². The molecular formula is C19H22ClN5O5S2. The van der Waals surface area contributed by atoms with Gasteiger partial charge in [-0.15, -0.1) is 11.8 Å². The molecule has 10 nitrogen and oxygen atoms in total. The van der Waals surface area contributed by atoms with Gasteiger partial charge in [0.15, 0.2) is 0 Å². The number of nitrogens with two attached hydrogens (primary N) is 2. The van der Waals surface area contributed by atoms with E-state index in [2.05, 4.69) is 15.3 Å². The number of hydrogen-bond donors (Lipinski definition) is 4. The van der Waals surface area contributed by atoms with Gasteiger partial charge in [-0.1, -0.05) is 28.9 Å². The van der Waals surface area contributed by atoms with Gasteiger partial charge in [-0.05, 0) is 55.4 Å². The Bertz CT molecular complexity index is 1260. The molecule has 1 aromatic carbocycles. The minimum Gasteiger partial charge on any atom is -0.368 e. The van der Waals surface area contributed by atoms with Crippen molar-refractivity contribution in [2.45, 2.75) is 37.7 Å². The molecule has 0 saturated heterocycles. The molecule has 0 spiro atoms. The summed E-state index contributed by atoms with van der Waals surface area (Å²) in [5.41, 5.74) is 10.4. The number of rotatable bonds is 6. The first-order chi connectivity index (χ1) is 14.9. The second-order valence-electron chi connectivity index (χ2n) is 7.38. The molecule has 1 aliphatic rings. The van der Waals surface area contributed by atoms with Crippen LogP contribution in [0.25, 0.3) is 0 Å². The average molecular weight is 500 g/mol. The van der Waals surface area contributed by atoms with Crippen LogP contribution in [0.15, 0.2) is 22.1 Å². The third-order valence-electron chi connectivity index (χ3n) is 5.34. The first kappa shape index (κ1) is 24.1. The zero-order valence-electron chi connectivity index (χ0n) is 17.6. The van der Waals surface area contributed by atoms with Crippen LogP contribution >= 0.6 is 23.4 Å². The number of benzene rings is 1. The summed E-state index contributed by atoms with van der Waals surface area (Å²) in [6.07, 6.45) is 1.36. The molecule has 2 unspecified atom stereocenters. The first-order valence-electron chi connectivity index (χ1n) is 9.28. The summed E-state index contributed by atoms with van der Waals surface area (Å²) < 4.78 is 32.3. The number of aryl methyl sites for hydroxylation is 3. The molecular weight excluding hydrogens is 478 g/mol. The minimum absolute atomic E-state index is 0.00233. The SMILES string of the molecule is Cc1cc(C)c(C2(C(N)=O)SC=CC2S(=O)(=O)Nc2onc(C)c2Cl)c(C)c1C(=O)NN. The Morgan fingerprint density at radius 1 is 1.25 bits per heavy atom. The maximum atomic E-state index is 13.4. The highest BCUT2D eigenvalue weighted by atomic mass is 35.5. The number of primary amides is 1. The van der Waals surface area contributed by atoms with Crippen molar-refractivity contribution in [1.82, 2.24) is 10.6 Å². The highest BCUT2D eigenvalue weighted by Gasteiger charge is 2.56. The Morgan fingerprint density at radius 2 is 1.91 bits per heavy atom. The van der Waals surface area contributed by atoms with Gasteiger partial charge in [-0.3, -0.25) is 15.0 Å². The fourth-order valence-corrected chi connectivity index (χ4v) is 7.57. The van der Waals surface area contributed by atoms with Crippen LogP contribution in [-0.2, 0) is 19.6 Å². The predicted octanol–water partition coefficient (Wildman–Crippen LogP) is 1.92. The summed E-state index contributed by atoms with van der Waals surface area (Å²) in [6.45, 7) is 6.61. The minimum atomic E-state index is -4.31. The number of nitrogens with one attached hydrogen (secondary N) is 2. The van der Waals surface area contributed by atoms with E-state index in [9.17, 15) is 18.0 Å². The van der Waals surface area contributed by atoms with Gasteiger partial charge in [0.25, 0.3) is 11.8 Å². The van der Waals surface area contributed by atoms with E-state index in [0.717, 1.165) is 11.8 Å². The van der Waals surface area contributed by atoms with Crippen molar-refractivity contribution in [3.8, 4) is 0 Å². The number of hydrazine groups is 1. The van der Waals surface area contributed by atoms with E-state index >= 15 is 0 Å². The molecule has 0 aliphatic carbocycles. The molecule has 2 atom stereocenters. The lowest BCUT2D eigenvalue weighted by Gasteiger charge is -2.35. The normalized spacial score (nSPS) is 20.4. The number of aromatic nitrogens is 1. The van der Waals surface area contributed by atoms with Crippen molar-refractivity contribution in [3.63, 3.8) is 0 Å². The van der Waals surface area contributed by atoms with Crippen molar-refractivity contribution in [3.05, 3.63) is 56.1 Å². The highest BCUT2D eigenvalue weighted by molar-refractivity contribution is 8.05. The number of halogens is 1. The molecule has 2 heterocycles. The van der Waals surface area contributed by atoms with Gasteiger partial charge < -0.3 is 10.3 Å². The molecule has 0 fully saturated rings. The fourth-order valence-electron chi connectivity index (χ4n) is 4.06. The maximum Gasteiger partial charge on any atom is 0.265 e. The Kier molecular flexibility index (Phi) is 6.35. The van der Waals surface area contributed by atoms with E-state index < -0.39 is 31.8 Å². The van der Waals surface area contributed by atoms with Crippen LogP contribution in [0, 0.1) is 27.7 Å². The molecule has 3 rings (SSSR count). The van der Waals surface area contributed by atoms with Crippen LogP contribution in [0.1, 0.15) is 38.3 Å². The summed E-state index contributed by atoms with van der Waals surface area (Å²) in [5, 5.41) is 3.68. The zero-order chi connectivity index (χ0) is 24.0. The predicted molar refractivity (Wildman–Crippen MR) is 122 cm³/mol. The van der Waals surface area contributed by atoms with Crippen molar-refractivity contribution in [1.29, 1.82) is 0 Å². The summed E-state index contributed by atoms with van der Waals surface area (Å²) in [5.74, 6) is 3.60. The third kappa shape index (κ3) is 3.66. The van der Waals surface area contributed by atoms with Crippen LogP contribution in [0.4, 0.5) is 5.88 Å². The second-order valence-corrected chi connectivity index (χ2v) is 10.7. The molecule has 2 amide bonds. The van der Waals surface area contributed by atoms with E-state index in [0.29, 0.717) is 27.9 Å². The molecule has 13 heteroatoms. The van der Waals surface area contributed by atoms with E-state index in [1.165, 1.54) is 11.5 Å². The number of thioether (sulfide) groups is 1. The summed E-state index contributed by atoms with van der Waals surface area (Å²) in [6, 6.07) is 1.68. The number of anilines is 1. The van der Waals surface area contributed by atoms with Gasteiger partial charge in [0.2, 0.25) is 15.9 Å². The highest BCUT2D eigenvalue weighted by Crippen LogP contribution is 2.51. The van der Waals surface area contributed by atoms with Gasteiger partial charge in [-0.2, -0.15) is 0 Å². The first-order valence-corrected chi connectivity index (χ1v) is 12.1.